The number of para-hydroxylation sites is 1. The molecule has 0 unspecified atom stereocenters. The quantitative estimate of drug-likeness (QED) is 0.806. The van der Waals surface area contributed by atoms with Crippen molar-refractivity contribution in [3.05, 3.63) is 53.6 Å². The molecule has 1 N–H and O–H groups in total. The second-order valence-corrected chi connectivity index (χ2v) is 8.31. The van der Waals surface area contributed by atoms with Crippen molar-refractivity contribution in [1.82, 2.24) is 10.2 Å². The molecule has 2 heterocycles. The lowest BCUT2D eigenvalue weighted by atomic mass is 9.75. The highest BCUT2D eigenvalue weighted by Gasteiger charge is 2.44. The molecule has 4 atom stereocenters. The molecule has 2 aliphatic rings. The van der Waals surface area contributed by atoms with Crippen molar-refractivity contribution in [3.63, 3.8) is 0 Å². The minimum Gasteiger partial charge on any atom is -0.496 e. The highest BCUT2D eigenvalue weighted by molar-refractivity contribution is 5.44. The molecule has 5 nitrogen and oxygen atoms in total. The smallest absolute Gasteiger partial charge is 0.161 e. The molecule has 2 fully saturated rings. The average Bonchev–Trinajstić information content (AvgIpc) is 3.18. The van der Waals surface area contributed by atoms with Crippen molar-refractivity contribution < 1.29 is 14.2 Å². The molecule has 0 aliphatic carbocycles. The van der Waals surface area contributed by atoms with E-state index in [0.717, 1.165) is 43.4 Å². The van der Waals surface area contributed by atoms with Crippen molar-refractivity contribution in [1.29, 1.82) is 0 Å². The maximum atomic E-state index is 5.57. The molecule has 0 spiro atoms. The summed E-state index contributed by atoms with van der Waals surface area (Å²) in [7, 11) is 5.13. The SMILES string of the molecule is COc1ccccc1CN1C[C@@H]2[C@H](C1)[C@H](C)CN[C@@H]2c1ccc(OC)c(OC)c1. The Morgan fingerprint density at radius 2 is 1.62 bits per heavy atom. The van der Waals surface area contributed by atoms with Crippen LogP contribution in [0.1, 0.15) is 24.1 Å². The van der Waals surface area contributed by atoms with Crippen LogP contribution in [0.25, 0.3) is 0 Å². The predicted molar refractivity (Wildman–Crippen MR) is 115 cm³/mol. The molecular formula is C24H32N2O3. The molecule has 0 saturated carbocycles. The number of methoxy groups -OCH3 is 3. The Kier molecular flexibility index (Phi) is 5.97. The Balaban J connectivity index is 1.55. The molecule has 2 saturated heterocycles. The van der Waals surface area contributed by atoms with Gasteiger partial charge < -0.3 is 19.5 Å². The van der Waals surface area contributed by atoms with Gasteiger partial charge in [0.1, 0.15) is 5.75 Å². The van der Waals surface area contributed by atoms with Gasteiger partial charge >= 0.3 is 0 Å². The van der Waals surface area contributed by atoms with Gasteiger partial charge in [0.05, 0.1) is 21.3 Å². The third kappa shape index (κ3) is 3.94. The monoisotopic (exact) mass is 396 g/mol. The number of nitrogens with one attached hydrogen (secondary N) is 1. The van der Waals surface area contributed by atoms with Gasteiger partial charge in [-0.2, -0.15) is 0 Å². The molecule has 0 amide bonds. The Hall–Kier alpha value is -2.24. The molecule has 2 aromatic rings. The predicted octanol–water partition coefficient (Wildman–Crippen LogP) is 3.74. The standard InChI is InChI=1S/C24H32N2O3/c1-16-12-25-24(17-9-10-22(28-3)23(11-17)29-4)20-15-26(14-19(16)20)13-18-7-5-6-8-21(18)27-2/h5-11,16,19-20,24-25H,12-15H2,1-4H3/t16-,19-,20-,24-/m1/s1. The summed E-state index contributed by atoms with van der Waals surface area (Å²) in [4.78, 5) is 2.59. The largest absolute Gasteiger partial charge is 0.496 e. The van der Waals surface area contributed by atoms with E-state index >= 15 is 0 Å². The summed E-state index contributed by atoms with van der Waals surface area (Å²) in [5.74, 6) is 4.48. The van der Waals surface area contributed by atoms with Gasteiger partial charge in [-0.1, -0.05) is 31.2 Å². The fourth-order valence-electron chi connectivity index (χ4n) is 5.13. The summed E-state index contributed by atoms with van der Waals surface area (Å²) < 4.78 is 16.5. The van der Waals surface area contributed by atoms with E-state index in [1.54, 1.807) is 21.3 Å². The van der Waals surface area contributed by atoms with Crippen molar-refractivity contribution in [3.8, 4) is 17.2 Å². The molecule has 2 aromatic carbocycles. The molecule has 0 radical (unpaired) electrons. The van der Waals surface area contributed by atoms with Crippen molar-refractivity contribution >= 4 is 0 Å². The third-order valence-electron chi connectivity index (χ3n) is 6.66. The van der Waals surface area contributed by atoms with Crippen LogP contribution < -0.4 is 19.5 Å². The van der Waals surface area contributed by atoms with E-state index < -0.39 is 0 Å². The highest BCUT2D eigenvalue weighted by atomic mass is 16.5. The summed E-state index contributed by atoms with van der Waals surface area (Å²) in [5, 5.41) is 3.80. The van der Waals surface area contributed by atoms with Crippen LogP contribution in [0.4, 0.5) is 0 Å². The van der Waals surface area contributed by atoms with Crippen molar-refractivity contribution in [2.24, 2.45) is 17.8 Å². The lowest BCUT2D eigenvalue weighted by Gasteiger charge is -2.38. The van der Waals surface area contributed by atoms with Crippen LogP contribution in [0.3, 0.4) is 0 Å². The number of piperidine rings is 1. The minimum absolute atomic E-state index is 0.332. The van der Waals surface area contributed by atoms with Crippen LogP contribution in [0, 0.1) is 17.8 Å². The maximum absolute atomic E-state index is 5.57. The first kappa shape index (κ1) is 20.0. The van der Waals surface area contributed by atoms with Gasteiger partial charge in [-0.15, -0.1) is 0 Å². The van der Waals surface area contributed by atoms with Gasteiger partial charge in [0.2, 0.25) is 0 Å². The summed E-state index contributed by atoms with van der Waals surface area (Å²) in [5.41, 5.74) is 2.54. The lowest BCUT2D eigenvalue weighted by molar-refractivity contribution is 0.176. The van der Waals surface area contributed by atoms with Crippen LogP contribution >= 0.6 is 0 Å². The van der Waals surface area contributed by atoms with Gasteiger partial charge in [0.15, 0.2) is 11.5 Å². The first-order chi connectivity index (χ1) is 14.1. The van der Waals surface area contributed by atoms with Crippen LogP contribution in [-0.2, 0) is 6.54 Å². The number of nitrogens with zero attached hydrogens (tertiary/aromatic N) is 1. The summed E-state index contributed by atoms with van der Waals surface area (Å²) in [6.45, 7) is 6.57. The Morgan fingerprint density at radius 3 is 2.38 bits per heavy atom. The molecular weight excluding hydrogens is 364 g/mol. The molecule has 5 heteroatoms. The van der Waals surface area contributed by atoms with E-state index in [9.17, 15) is 0 Å². The van der Waals surface area contributed by atoms with Crippen molar-refractivity contribution in [2.45, 2.75) is 19.5 Å². The molecule has 0 bridgehead atoms. The van der Waals surface area contributed by atoms with Gasteiger partial charge in [-0.3, -0.25) is 4.90 Å². The second kappa shape index (κ2) is 8.64. The van der Waals surface area contributed by atoms with Crippen LogP contribution in [0.15, 0.2) is 42.5 Å². The lowest BCUT2D eigenvalue weighted by Crippen LogP contribution is -2.44. The van der Waals surface area contributed by atoms with E-state index in [0.29, 0.717) is 23.8 Å². The van der Waals surface area contributed by atoms with Gasteiger partial charge in [0, 0.05) is 31.2 Å². The number of ether oxygens (including phenoxy) is 3. The van der Waals surface area contributed by atoms with E-state index in [1.165, 1.54) is 11.1 Å². The number of hydrogen-bond donors (Lipinski definition) is 1. The number of fused-ring (bicyclic) bond motifs is 1. The molecule has 156 valence electrons. The number of benzene rings is 2. The van der Waals surface area contributed by atoms with Crippen molar-refractivity contribution in [2.75, 3.05) is 41.0 Å². The zero-order chi connectivity index (χ0) is 20.4. The van der Waals surface area contributed by atoms with Crippen LogP contribution in [0.2, 0.25) is 0 Å². The maximum Gasteiger partial charge on any atom is 0.161 e. The third-order valence-corrected chi connectivity index (χ3v) is 6.66. The second-order valence-electron chi connectivity index (χ2n) is 8.31. The van der Waals surface area contributed by atoms with E-state index in [2.05, 4.69) is 47.5 Å². The number of likely N-dealkylation sites (tertiary alicyclic amines) is 1. The van der Waals surface area contributed by atoms with E-state index in [4.69, 9.17) is 14.2 Å². The molecule has 2 aliphatic heterocycles. The fraction of sp³-hybridized carbons (Fsp3) is 0.500. The molecule has 0 aromatic heterocycles. The fourth-order valence-corrected chi connectivity index (χ4v) is 5.13. The van der Waals surface area contributed by atoms with Gasteiger partial charge in [-0.25, -0.2) is 0 Å². The number of hydrogen-bond acceptors (Lipinski definition) is 5. The Labute approximate surface area is 174 Å². The van der Waals surface area contributed by atoms with Gasteiger partial charge in [-0.05, 0) is 48.1 Å². The topological polar surface area (TPSA) is 43.0 Å². The van der Waals surface area contributed by atoms with E-state index in [1.807, 2.05) is 12.1 Å². The molecule has 29 heavy (non-hydrogen) atoms. The Morgan fingerprint density at radius 1 is 0.897 bits per heavy atom. The van der Waals surface area contributed by atoms with E-state index in [-0.39, 0.29) is 0 Å². The average molecular weight is 397 g/mol. The van der Waals surface area contributed by atoms with Gasteiger partial charge in [0.25, 0.3) is 0 Å². The first-order valence-electron chi connectivity index (χ1n) is 10.4. The summed E-state index contributed by atoms with van der Waals surface area (Å²) in [6, 6.07) is 15.0. The first-order valence-corrected chi connectivity index (χ1v) is 10.4. The van der Waals surface area contributed by atoms with Crippen LogP contribution in [0.5, 0.6) is 17.2 Å². The summed E-state index contributed by atoms with van der Waals surface area (Å²) >= 11 is 0. The summed E-state index contributed by atoms with van der Waals surface area (Å²) in [6.07, 6.45) is 0. The zero-order valence-electron chi connectivity index (χ0n) is 17.9. The van der Waals surface area contributed by atoms with Crippen LogP contribution in [-0.4, -0.2) is 45.9 Å². The zero-order valence-corrected chi connectivity index (χ0v) is 17.9. The number of rotatable bonds is 6. The minimum atomic E-state index is 0.332. The Bertz CT molecular complexity index is 841. The molecule has 4 rings (SSSR count). The highest BCUT2D eigenvalue weighted by Crippen LogP contribution is 2.43. The normalized spacial score (nSPS) is 26.8.